The van der Waals surface area contributed by atoms with Gasteiger partial charge in [-0.15, -0.1) is 5.10 Å². The molecule has 0 unspecified atom stereocenters. The molecule has 0 saturated heterocycles. The van der Waals surface area contributed by atoms with Gasteiger partial charge in [-0.05, 0) is 48.4 Å². The highest BCUT2D eigenvalue weighted by molar-refractivity contribution is 5.94. The van der Waals surface area contributed by atoms with Crippen molar-refractivity contribution >= 4 is 17.9 Å². The van der Waals surface area contributed by atoms with Crippen LogP contribution >= 0.6 is 0 Å². The average molecular weight is 472 g/mol. The number of anilines is 1. The zero-order valence-corrected chi connectivity index (χ0v) is 19.7. The lowest BCUT2D eigenvalue weighted by Gasteiger charge is -2.21. The van der Waals surface area contributed by atoms with Crippen molar-refractivity contribution in [2.75, 3.05) is 33.0 Å². The lowest BCUT2D eigenvalue weighted by molar-refractivity contribution is 0.0947. The minimum Gasteiger partial charge on any atom is -0.497 e. The molecule has 0 saturated carbocycles. The van der Waals surface area contributed by atoms with Gasteiger partial charge in [-0.25, -0.2) is 10.1 Å². The topological polar surface area (TPSA) is 159 Å². The second-order valence-corrected chi connectivity index (χ2v) is 7.35. The number of carbonyl (C=O) groups is 1. The molecule has 0 fully saturated rings. The largest absolute Gasteiger partial charge is 0.497 e. The van der Waals surface area contributed by atoms with Gasteiger partial charge in [0.05, 0.1) is 26.1 Å². The van der Waals surface area contributed by atoms with Crippen LogP contribution < -0.4 is 20.6 Å². The number of hydrogen-bond acceptors (Lipinski definition) is 11. The van der Waals surface area contributed by atoms with Crippen molar-refractivity contribution in [2.45, 2.75) is 33.2 Å². The lowest BCUT2D eigenvalue weighted by atomic mass is 10.2. The number of hydrazone groups is 1. The Bertz CT molecular complexity index is 1120. The number of carbonyl (C=O) groups excluding carboxylic acids is 1. The maximum atomic E-state index is 13.0. The first-order chi connectivity index (χ1) is 16.5. The Kier molecular flexibility index (Phi) is 8.51. The van der Waals surface area contributed by atoms with Gasteiger partial charge in [-0.2, -0.15) is 9.78 Å². The second kappa shape index (κ2) is 11.7. The normalized spacial score (nSPS) is 11.3. The van der Waals surface area contributed by atoms with E-state index >= 15 is 0 Å². The van der Waals surface area contributed by atoms with Crippen molar-refractivity contribution < 1.29 is 18.9 Å². The third-order valence-corrected chi connectivity index (χ3v) is 4.94. The summed E-state index contributed by atoms with van der Waals surface area (Å²) in [5.74, 6) is 0.867. The number of ether oxygens (including phenoxy) is 2. The van der Waals surface area contributed by atoms with Crippen molar-refractivity contribution in [3.8, 4) is 17.3 Å². The molecule has 0 aliphatic rings. The number of hydrogen-bond donors (Lipinski definition) is 2. The van der Waals surface area contributed by atoms with E-state index in [2.05, 4.69) is 49.9 Å². The molecule has 3 N–H and O–H groups in total. The Hall–Kier alpha value is -4.00. The minimum atomic E-state index is -0.534. The van der Waals surface area contributed by atoms with Gasteiger partial charge >= 0.3 is 0 Å². The molecule has 0 radical (unpaired) electrons. The predicted octanol–water partition coefficient (Wildman–Crippen LogP) is 1.64. The van der Waals surface area contributed by atoms with Crippen LogP contribution in [0.1, 0.15) is 48.4 Å². The minimum absolute atomic E-state index is 0.0419. The van der Waals surface area contributed by atoms with Crippen LogP contribution in [0, 0.1) is 0 Å². The molecule has 3 aromatic rings. The molecule has 3 rings (SSSR count). The summed E-state index contributed by atoms with van der Waals surface area (Å²) in [4.78, 5) is 15.2. The van der Waals surface area contributed by atoms with E-state index in [1.807, 2.05) is 0 Å². The Morgan fingerprint density at radius 2 is 2.00 bits per heavy atom. The monoisotopic (exact) mass is 471 g/mol. The third kappa shape index (κ3) is 5.67. The van der Waals surface area contributed by atoms with Gasteiger partial charge in [0.2, 0.25) is 11.6 Å². The molecule has 0 bridgehead atoms. The van der Waals surface area contributed by atoms with Crippen molar-refractivity contribution in [1.82, 2.24) is 35.6 Å². The second-order valence-electron chi connectivity index (χ2n) is 7.35. The maximum absolute atomic E-state index is 13.0. The molecule has 1 aromatic carbocycles. The predicted molar refractivity (Wildman–Crippen MR) is 124 cm³/mol. The molecule has 13 heteroatoms. The van der Waals surface area contributed by atoms with Gasteiger partial charge in [-0.1, -0.05) is 19.1 Å². The number of rotatable bonds is 12. The van der Waals surface area contributed by atoms with Gasteiger partial charge in [0.15, 0.2) is 5.69 Å². The van der Waals surface area contributed by atoms with Crippen LogP contribution in [0.3, 0.4) is 0 Å². The smallest absolute Gasteiger partial charge is 0.293 e. The number of nitrogen functional groups attached to an aromatic ring is 1. The van der Waals surface area contributed by atoms with E-state index in [1.54, 1.807) is 25.3 Å². The summed E-state index contributed by atoms with van der Waals surface area (Å²) in [5.41, 5.74) is 9.60. The van der Waals surface area contributed by atoms with E-state index < -0.39 is 5.91 Å². The van der Waals surface area contributed by atoms with E-state index in [9.17, 15) is 4.79 Å². The van der Waals surface area contributed by atoms with Gasteiger partial charge in [0, 0.05) is 18.2 Å². The van der Waals surface area contributed by atoms with Crippen LogP contribution in [0.15, 0.2) is 27.9 Å². The number of amides is 1. The van der Waals surface area contributed by atoms with E-state index in [0.29, 0.717) is 29.3 Å². The molecule has 2 heterocycles. The Balaban J connectivity index is 1.86. The number of nitrogens with one attached hydrogen (secondary N) is 1. The number of aromatic nitrogens is 5. The number of benzene rings is 1. The lowest BCUT2D eigenvalue weighted by Crippen LogP contribution is -2.28. The fourth-order valence-corrected chi connectivity index (χ4v) is 3.38. The molecule has 0 spiro atoms. The van der Waals surface area contributed by atoms with Crippen LogP contribution in [0.4, 0.5) is 5.82 Å². The van der Waals surface area contributed by atoms with Crippen LogP contribution in [0.2, 0.25) is 0 Å². The SMILES string of the molecule is CCCN(CCC)Cc1c(C(=O)N/N=C\c2ccc(OC)cc2OC)nnn1-c1nonc1N. The summed E-state index contributed by atoms with van der Waals surface area (Å²) in [7, 11) is 3.11. The van der Waals surface area contributed by atoms with Gasteiger partial charge in [-0.3, -0.25) is 9.69 Å². The Morgan fingerprint density at radius 1 is 1.24 bits per heavy atom. The van der Waals surface area contributed by atoms with Gasteiger partial charge in [0.25, 0.3) is 5.91 Å². The van der Waals surface area contributed by atoms with Crippen LogP contribution in [0.5, 0.6) is 11.5 Å². The summed E-state index contributed by atoms with van der Waals surface area (Å²) in [5, 5.41) is 19.6. The standard InChI is InChI=1S/C21H29N9O4/c1-5-9-29(10-6-2)13-16-18(24-28-30(16)20-19(22)26-34-27-20)21(31)25-23-12-14-7-8-15(32-3)11-17(14)33-4/h7-8,11-12H,5-6,9-10,13H2,1-4H3,(H2,22,26)(H,25,31)/b23-12-. The number of nitrogens with two attached hydrogens (primary N) is 1. The zero-order valence-electron chi connectivity index (χ0n) is 19.7. The summed E-state index contributed by atoms with van der Waals surface area (Å²) in [6.45, 7) is 6.25. The van der Waals surface area contributed by atoms with Crippen molar-refractivity contribution in [2.24, 2.45) is 5.10 Å². The van der Waals surface area contributed by atoms with Crippen molar-refractivity contribution in [1.29, 1.82) is 0 Å². The first-order valence-corrected chi connectivity index (χ1v) is 10.8. The highest BCUT2D eigenvalue weighted by atomic mass is 16.6. The fourth-order valence-electron chi connectivity index (χ4n) is 3.38. The van der Waals surface area contributed by atoms with Crippen LogP contribution in [-0.2, 0) is 6.54 Å². The summed E-state index contributed by atoms with van der Waals surface area (Å²) in [6, 6.07) is 5.25. The quantitative estimate of drug-likeness (QED) is 0.294. The third-order valence-electron chi connectivity index (χ3n) is 4.94. The molecular weight excluding hydrogens is 442 g/mol. The molecule has 182 valence electrons. The van der Waals surface area contributed by atoms with Crippen molar-refractivity contribution in [3.05, 3.63) is 35.2 Å². The first kappa shape index (κ1) is 24.6. The molecule has 34 heavy (non-hydrogen) atoms. The van der Waals surface area contributed by atoms with Crippen LogP contribution in [-0.4, -0.2) is 69.6 Å². The van der Waals surface area contributed by atoms with Gasteiger partial charge < -0.3 is 15.2 Å². The molecular formula is C21H29N9O4. The van der Waals surface area contributed by atoms with E-state index in [1.165, 1.54) is 18.0 Å². The molecule has 2 aromatic heterocycles. The molecule has 1 amide bonds. The van der Waals surface area contributed by atoms with Crippen molar-refractivity contribution in [3.63, 3.8) is 0 Å². The molecule has 0 aliphatic carbocycles. The van der Waals surface area contributed by atoms with E-state index in [4.69, 9.17) is 19.8 Å². The highest BCUT2D eigenvalue weighted by Crippen LogP contribution is 2.23. The summed E-state index contributed by atoms with van der Waals surface area (Å²) in [6.07, 6.45) is 3.37. The first-order valence-electron chi connectivity index (χ1n) is 10.8. The van der Waals surface area contributed by atoms with E-state index in [-0.39, 0.29) is 17.3 Å². The fraction of sp³-hybridized carbons (Fsp3) is 0.429. The summed E-state index contributed by atoms with van der Waals surface area (Å²) >= 11 is 0. The Labute approximate surface area is 196 Å². The van der Waals surface area contributed by atoms with Crippen LogP contribution in [0.25, 0.3) is 5.82 Å². The molecule has 0 atom stereocenters. The average Bonchev–Trinajstić information content (AvgIpc) is 3.45. The maximum Gasteiger partial charge on any atom is 0.293 e. The van der Waals surface area contributed by atoms with E-state index in [0.717, 1.165) is 25.9 Å². The van der Waals surface area contributed by atoms with Gasteiger partial charge in [0.1, 0.15) is 11.5 Å². The zero-order chi connectivity index (χ0) is 24.5. The Morgan fingerprint density at radius 3 is 2.62 bits per heavy atom. The number of methoxy groups -OCH3 is 2. The molecule has 13 nitrogen and oxygen atoms in total. The highest BCUT2D eigenvalue weighted by Gasteiger charge is 2.25. The molecule has 0 aliphatic heterocycles. The summed E-state index contributed by atoms with van der Waals surface area (Å²) < 4.78 is 16.6. The number of nitrogens with zero attached hydrogens (tertiary/aromatic N) is 7.